The van der Waals surface area contributed by atoms with Gasteiger partial charge in [-0.25, -0.2) is 9.18 Å². The van der Waals surface area contributed by atoms with E-state index in [4.69, 9.17) is 4.74 Å². The number of aliphatic hydroxyl groups is 1. The first-order valence-corrected chi connectivity index (χ1v) is 7.13. The second-order valence-electron chi connectivity index (χ2n) is 4.28. The Hall–Kier alpha value is 0.640. The van der Waals surface area contributed by atoms with Crippen molar-refractivity contribution in [1.29, 1.82) is 0 Å². The van der Waals surface area contributed by atoms with Gasteiger partial charge < -0.3 is 28.7 Å². The molecule has 0 saturated carbocycles. The molecule has 0 radical (unpaired) electrons. The number of phosphoric ester groups is 1. The summed E-state index contributed by atoms with van der Waals surface area (Å²) in [6.45, 7) is 0. The van der Waals surface area contributed by atoms with Crippen molar-refractivity contribution in [2.24, 2.45) is 0 Å². The molecule has 1 saturated heterocycles. The minimum Gasteiger partial charge on any atom is -0.790 e. The first-order chi connectivity index (χ1) is 9.67. The maximum atomic E-state index is 13.5. The first-order valence-electron chi connectivity index (χ1n) is 5.67. The average Bonchev–Trinajstić information content (AvgIpc) is 2.68. The predicted octanol–water partition coefficient (Wildman–Crippen LogP) is -8.67. The van der Waals surface area contributed by atoms with Gasteiger partial charge in [0.15, 0.2) is 0 Å². The van der Waals surface area contributed by atoms with Gasteiger partial charge in [0.05, 0.1) is 13.9 Å². The molecule has 2 rings (SSSR count). The fraction of sp³-hybridized carbons (Fsp3) is 0.556. The molecule has 14 heteroatoms. The molecule has 118 valence electrons. The van der Waals surface area contributed by atoms with Gasteiger partial charge in [-0.05, 0) is 0 Å². The largest absolute Gasteiger partial charge is 1.00 e. The van der Waals surface area contributed by atoms with Crippen LogP contribution in [0.15, 0.2) is 21.9 Å². The summed E-state index contributed by atoms with van der Waals surface area (Å²) in [4.78, 5) is 45.0. The molecule has 2 heterocycles. The minimum absolute atomic E-state index is 0. The molecular formula is C9H10FN2Na2O8P. The molecule has 1 aliphatic heterocycles. The smallest absolute Gasteiger partial charge is 0.790 e. The van der Waals surface area contributed by atoms with Gasteiger partial charge in [0, 0.05) is 18.7 Å². The summed E-state index contributed by atoms with van der Waals surface area (Å²) in [6.07, 6.45) is -6.30. The van der Waals surface area contributed by atoms with E-state index in [2.05, 4.69) is 4.52 Å². The molecule has 1 aliphatic rings. The Bertz CT molecular complexity index is 678. The maximum absolute atomic E-state index is 13.5. The zero-order valence-electron chi connectivity index (χ0n) is 12.2. The number of alkyl halides is 1. The molecule has 23 heavy (non-hydrogen) atoms. The van der Waals surface area contributed by atoms with E-state index in [0.29, 0.717) is 0 Å². The predicted molar refractivity (Wildman–Crippen MR) is 59.4 cm³/mol. The summed E-state index contributed by atoms with van der Waals surface area (Å²) in [5.41, 5.74) is -1.51. The van der Waals surface area contributed by atoms with E-state index in [9.17, 15) is 33.4 Å². The van der Waals surface area contributed by atoms with Crippen molar-refractivity contribution in [3.63, 3.8) is 0 Å². The van der Waals surface area contributed by atoms with Crippen molar-refractivity contribution >= 4 is 7.82 Å². The van der Waals surface area contributed by atoms with Crippen molar-refractivity contribution in [2.75, 3.05) is 0 Å². The summed E-state index contributed by atoms with van der Waals surface area (Å²) < 4.78 is 33.2. The molecule has 0 aliphatic carbocycles. The number of ether oxygens (including phenoxy) is 1. The van der Waals surface area contributed by atoms with Crippen LogP contribution in [0.3, 0.4) is 0 Å². The Morgan fingerprint density at radius 1 is 1.48 bits per heavy atom. The second-order valence-corrected chi connectivity index (χ2v) is 5.38. The van der Waals surface area contributed by atoms with Gasteiger partial charge in [-0.2, -0.15) is 0 Å². The second kappa shape index (κ2) is 9.37. The summed E-state index contributed by atoms with van der Waals surface area (Å²) in [5.74, 6) is 0. The van der Waals surface area contributed by atoms with Gasteiger partial charge in [-0.1, -0.05) is 0 Å². The molecule has 1 aromatic heterocycles. The fourth-order valence-electron chi connectivity index (χ4n) is 1.92. The number of aromatic amines is 1. The van der Waals surface area contributed by atoms with Gasteiger partial charge in [0.2, 0.25) is 6.36 Å². The van der Waals surface area contributed by atoms with Crippen LogP contribution in [0, 0.1) is 0 Å². The molecule has 0 amide bonds. The summed E-state index contributed by atoms with van der Waals surface area (Å²) in [7, 11) is -5.59. The van der Waals surface area contributed by atoms with Crippen LogP contribution in [0.2, 0.25) is 0 Å². The van der Waals surface area contributed by atoms with Gasteiger partial charge in [0.1, 0.15) is 12.3 Å². The van der Waals surface area contributed by atoms with E-state index < -0.39 is 43.9 Å². The average molecular weight is 370 g/mol. The Labute approximate surface area is 172 Å². The van der Waals surface area contributed by atoms with Gasteiger partial charge in [-0.15, -0.1) is 0 Å². The number of halogens is 1. The molecule has 1 unspecified atom stereocenters. The van der Waals surface area contributed by atoms with Crippen LogP contribution in [-0.4, -0.2) is 33.2 Å². The van der Waals surface area contributed by atoms with Crippen molar-refractivity contribution < 1.29 is 92.2 Å². The number of hydrogen-bond acceptors (Lipinski definition) is 8. The summed E-state index contributed by atoms with van der Waals surface area (Å²) >= 11 is 0. The fourth-order valence-corrected chi connectivity index (χ4v) is 2.29. The molecule has 0 bridgehead atoms. The van der Waals surface area contributed by atoms with E-state index >= 15 is 0 Å². The van der Waals surface area contributed by atoms with Gasteiger partial charge >= 0.3 is 64.8 Å². The number of nitrogens with one attached hydrogen (secondary N) is 1. The molecule has 1 aromatic rings. The number of aliphatic hydroxyl groups excluding tert-OH is 1. The topological polar surface area (TPSA) is 157 Å². The van der Waals surface area contributed by atoms with Crippen molar-refractivity contribution in [3.05, 3.63) is 33.1 Å². The minimum atomic E-state index is -5.59. The van der Waals surface area contributed by atoms with Gasteiger partial charge in [-0.3, -0.25) is 14.3 Å². The standard InChI is InChI=1S/C9H12FN2O8P.2Na/c10-8(20-21(16,17)18)7-4(13)3-6(19-7)12-2-1-5(14)11-9(12)15;;/h1-2,4,6-8,13H,3H2,(H,11,14,15)(H2,16,17,18);;/q;2*+1/p-2/t4-,6+,7-,8?;;/m0../s1. The third kappa shape index (κ3) is 6.46. The SMILES string of the molecule is O=c1ccn([C@H]2C[C@H](O)[C@@H](C(F)OP(=O)([O-])[O-])O2)c(=O)[nH]1.[Na+].[Na+]. The van der Waals surface area contributed by atoms with Crippen molar-refractivity contribution in [1.82, 2.24) is 9.55 Å². The summed E-state index contributed by atoms with van der Waals surface area (Å²) in [5, 5.41) is 9.61. The number of nitrogens with zero attached hydrogens (tertiary/aromatic N) is 1. The van der Waals surface area contributed by atoms with E-state index in [1.54, 1.807) is 0 Å². The molecule has 0 aromatic carbocycles. The number of aromatic nitrogens is 2. The number of rotatable bonds is 4. The third-order valence-corrected chi connectivity index (χ3v) is 3.25. The Morgan fingerprint density at radius 2 is 2.09 bits per heavy atom. The van der Waals surface area contributed by atoms with Crippen LogP contribution in [0.4, 0.5) is 4.39 Å². The van der Waals surface area contributed by atoms with E-state index in [0.717, 1.165) is 16.8 Å². The van der Waals surface area contributed by atoms with Crippen molar-refractivity contribution in [2.45, 2.75) is 31.2 Å². The van der Waals surface area contributed by atoms with E-state index in [1.165, 1.54) is 0 Å². The molecule has 4 atom stereocenters. The van der Waals surface area contributed by atoms with Crippen LogP contribution >= 0.6 is 7.82 Å². The molecular weight excluding hydrogens is 360 g/mol. The quantitative estimate of drug-likeness (QED) is 0.391. The Balaban J connectivity index is 0.00000242. The molecule has 0 spiro atoms. The molecule has 2 N–H and O–H groups in total. The van der Waals surface area contributed by atoms with Crippen LogP contribution < -0.4 is 80.2 Å². The normalized spacial score (nSPS) is 25.3. The molecule has 1 fully saturated rings. The van der Waals surface area contributed by atoms with Gasteiger partial charge in [0.25, 0.3) is 5.56 Å². The first kappa shape index (κ1) is 23.6. The van der Waals surface area contributed by atoms with Crippen LogP contribution in [-0.2, 0) is 13.8 Å². The van der Waals surface area contributed by atoms with E-state index in [-0.39, 0.29) is 65.5 Å². The Kier molecular flexibility index (Phi) is 9.63. The Morgan fingerprint density at radius 3 is 2.61 bits per heavy atom. The number of phosphoric acid groups is 1. The number of hydrogen-bond donors (Lipinski definition) is 2. The monoisotopic (exact) mass is 370 g/mol. The van der Waals surface area contributed by atoms with Crippen LogP contribution in [0.5, 0.6) is 0 Å². The van der Waals surface area contributed by atoms with E-state index in [1.807, 2.05) is 4.98 Å². The zero-order chi connectivity index (χ0) is 15.8. The van der Waals surface area contributed by atoms with Crippen LogP contribution in [0.25, 0.3) is 0 Å². The zero-order valence-corrected chi connectivity index (χ0v) is 17.1. The summed E-state index contributed by atoms with van der Waals surface area (Å²) in [6, 6.07) is 1.01. The van der Waals surface area contributed by atoms with Crippen LogP contribution in [0.1, 0.15) is 12.6 Å². The molecule has 10 nitrogen and oxygen atoms in total. The number of H-pyrrole nitrogens is 1. The third-order valence-electron chi connectivity index (χ3n) is 2.79. The maximum Gasteiger partial charge on any atom is 1.00 e. The van der Waals surface area contributed by atoms with Crippen molar-refractivity contribution in [3.8, 4) is 0 Å².